The Balaban J connectivity index is 1.48. The van der Waals surface area contributed by atoms with Crippen LogP contribution in [-0.2, 0) is 19.1 Å². The summed E-state index contributed by atoms with van der Waals surface area (Å²) in [5.74, 6) is 1.96. The van der Waals surface area contributed by atoms with Crippen LogP contribution in [0.25, 0.3) is 0 Å². The van der Waals surface area contributed by atoms with E-state index in [2.05, 4.69) is 5.32 Å². The minimum Gasteiger partial charge on any atom is -0.384 e. The maximum absolute atomic E-state index is 11.9. The van der Waals surface area contributed by atoms with Gasteiger partial charge in [-0.05, 0) is 50.4 Å². The molecule has 2 aliphatic rings. The topological polar surface area (TPSA) is 64.6 Å². The maximum Gasteiger partial charge on any atom is 0.222 e. The lowest BCUT2D eigenvalue weighted by Gasteiger charge is -2.35. The first-order chi connectivity index (χ1) is 12.0. The number of rotatable bonds is 10. The molecule has 0 atom stereocenters. The molecule has 0 saturated heterocycles. The Morgan fingerprint density at radius 2 is 1.64 bits per heavy atom. The van der Waals surface area contributed by atoms with Crippen molar-refractivity contribution in [2.45, 2.75) is 64.8 Å². The summed E-state index contributed by atoms with van der Waals surface area (Å²) < 4.78 is 10.9. The number of Topliss-reactive ketones (excluding diaryl/α,β-unsaturated/α-hetero) is 1. The first-order valence-corrected chi connectivity index (χ1v) is 9.89. The second-order valence-electron chi connectivity index (χ2n) is 8.16. The second kappa shape index (κ2) is 10.3. The number of ether oxygens (including phenoxy) is 2. The van der Waals surface area contributed by atoms with Crippen molar-refractivity contribution >= 4 is 11.7 Å². The van der Waals surface area contributed by atoms with Crippen LogP contribution in [0, 0.1) is 23.7 Å². The Bertz CT molecular complexity index is 423. The lowest BCUT2D eigenvalue weighted by atomic mass is 9.75. The summed E-state index contributed by atoms with van der Waals surface area (Å²) in [6, 6.07) is 0.177. The molecule has 0 aromatic rings. The van der Waals surface area contributed by atoms with Gasteiger partial charge < -0.3 is 14.8 Å². The molecule has 5 nitrogen and oxygen atoms in total. The quantitative estimate of drug-likeness (QED) is 0.613. The van der Waals surface area contributed by atoms with Gasteiger partial charge >= 0.3 is 0 Å². The number of carbonyl (C=O) groups is 2. The Labute approximate surface area is 152 Å². The first-order valence-electron chi connectivity index (χ1n) is 9.89. The number of amides is 1. The number of ketones is 1. The highest BCUT2D eigenvalue weighted by Crippen LogP contribution is 2.31. The second-order valence-corrected chi connectivity index (χ2v) is 8.16. The zero-order chi connectivity index (χ0) is 18.2. The fourth-order valence-corrected chi connectivity index (χ4v) is 3.95. The summed E-state index contributed by atoms with van der Waals surface area (Å²) in [6.07, 6.45) is 6.86. The molecule has 0 aromatic heterocycles. The van der Waals surface area contributed by atoms with Crippen LogP contribution < -0.4 is 5.32 Å². The third kappa shape index (κ3) is 6.70. The Morgan fingerprint density at radius 1 is 1.04 bits per heavy atom. The van der Waals surface area contributed by atoms with Crippen molar-refractivity contribution in [3.05, 3.63) is 0 Å². The third-order valence-electron chi connectivity index (χ3n) is 5.67. The largest absolute Gasteiger partial charge is 0.384 e. The number of hydrogen-bond acceptors (Lipinski definition) is 4. The predicted octanol–water partition coefficient (Wildman–Crippen LogP) is 2.97. The molecule has 25 heavy (non-hydrogen) atoms. The minimum absolute atomic E-state index is 0.0456. The molecule has 0 heterocycles. The van der Waals surface area contributed by atoms with Crippen molar-refractivity contribution in [3.63, 3.8) is 0 Å². The highest BCUT2D eigenvalue weighted by atomic mass is 16.5. The van der Waals surface area contributed by atoms with Gasteiger partial charge in [-0.25, -0.2) is 0 Å². The Kier molecular flexibility index (Phi) is 8.37. The molecule has 1 N–H and O–H groups in total. The van der Waals surface area contributed by atoms with E-state index in [0.717, 1.165) is 26.1 Å². The van der Waals surface area contributed by atoms with Gasteiger partial charge in [-0.3, -0.25) is 9.59 Å². The van der Waals surface area contributed by atoms with Crippen LogP contribution in [0.3, 0.4) is 0 Å². The molecule has 0 aliphatic heterocycles. The maximum atomic E-state index is 11.9. The van der Waals surface area contributed by atoms with Crippen LogP contribution in [0.2, 0.25) is 0 Å². The molecule has 0 aromatic carbocycles. The molecule has 144 valence electrons. The van der Waals surface area contributed by atoms with E-state index in [1.807, 2.05) is 13.8 Å². The summed E-state index contributed by atoms with van der Waals surface area (Å²) in [5, 5.41) is 3.01. The molecule has 5 heteroatoms. The van der Waals surface area contributed by atoms with Crippen molar-refractivity contribution in [2.24, 2.45) is 23.7 Å². The molecule has 2 fully saturated rings. The van der Waals surface area contributed by atoms with Gasteiger partial charge in [0, 0.05) is 44.6 Å². The zero-order valence-corrected chi connectivity index (χ0v) is 16.1. The number of methoxy groups -OCH3 is 1. The van der Waals surface area contributed by atoms with Crippen LogP contribution in [0.15, 0.2) is 0 Å². The van der Waals surface area contributed by atoms with Crippen molar-refractivity contribution in [3.8, 4) is 0 Å². The molecular formula is C20H35NO4. The van der Waals surface area contributed by atoms with Crippen LogP contribution in [0.5, 0.6) is 0 Å². The van der Waals surface area contributed by atoms with Gasteiger partial charge in [0.1, 0.15) is 5.78 Å². The van der Waals surface area contributed by atoms with E-state index in [1.165, 1.54) is 25.7 Å². The lowest BCUT2D eigenvalue weighted by molar-refractivity contribution is -0.131. The fraction of sp³-hybridized carbons (Fsp3) is 0.900. The van der Waals surface area contributed by atoms with Crippen molar-refractivity contribution in [1.29, 1.82) is 0 Å². The van der Waals surface area contributed by atoms with Crippen LogP contribution in [0.4, 0.5) is 0 Å². The van der Waals surface area contributed by atoms with Gasteiger partial charge in [0.25, 0.3) is 0 Å². The van der Waals surface area contributed by atoms with Gasteiger partial charge in [-0.1, -0.05) is 13.8 Å². The van der Waals surface area contributed by atoms with Gasteiger partial charge in [0.05, 0.1) is 6.61 Å². The van der Waals surface area contributed by atoms with E-state index in [0.29, 0.717) is 30.6 Å². The zero-order valence-electron chi connectivity index (χ0n) is 16.1. The van der Waals surface area contributed by atoms with E-state index in [1.54, 1.807) is 7.11 Å². The van der Waals surface area contributed by atoms with Crippen LogP contribution >= 0.6 is 0 Å². The third-order valence-corrected chi connectivity index (χ3v) is 5.67. The van der Waals surface area contributed by atoms with E-state index in [-0.39, 0.29) is 23.8 Å². The van der Waals surface area contributed by atoms with Crippen molar-refractivity contribution in [2.75, 3.05) is 26.9 Å². The van der Waals surface area contributed by atoms with E-state index >= 15 is 0 Å². The summed E-state index contributed by atoms with van der Waals surface area (Å²) in [5.41, 5.74) is 0. The molecule has 0 unspecified atom stereocenters. The molecule has 2 saturated carbocycles. The van der Waals surface area contributed by atoms with Crippen molar-refractivity contribution in [1.82, 2.24) is 5.32 Å². The van der Waals surface area contributed by atoms with E-state index < -0.39 is 0 Å². The Morgan fingerprint density at radius 3 is 2.20 bits per heavy atom. The molecule has 2 aliphatic carbocycles. The molecule has 2 rings (SSSR count). The van der Waals surface area contributed by atoms with Crippen molar-refractivity contribution < 1.29 is 19.1 Å². The summed E-state index contributed by atoms with van der Waals surface area (Å²) in [6.45, 7) is 6.01. The number of carbonyl (C=O) groups excluding carboxylic acids is 2. The average molecular weight is 354 g/mol. The number of hydrogen-bond donors (Lipinski definition) is 1. The normalized spacial score (nSPS) is 29.3. The van der Waals surface area contributed by atoms with E-state index in [4.69, 9.17) is 9.47 Å². The monoisotopic (exact) mass is 353 g/mol. The molecule has 0 radical (unpaired) electrons. The SMILES string of the molecule is COC[C@H]1CC[C@H](COCCC(=O)N[C@H]2C[C@H](C(=O)C(C)C)C2)CC1. The van der Waals surface area contributed by atoms with Crippen LogP contribution in [0.1, 0.15) is 58.8 Å². The predicted molar refractivity (Wildman–Crippen MR) is 97.3 cm³/mol. The van der Waals surface area contributed by atoms with Gasteiger partial charge in [-0.15, -0.1) is 0 Å². The van der Waals surface area contributed by atoms with E-state index in [9.17, 15) is 9.59 Å². The van der Waals surface area contributed by atoms with Gasteiger partial charge in [0.2, 0.25) is 5.91 Å². The average Bonchev–Trinajstić information content (AvgIpc) is 2.55. The minimum atomic E-state index is 0.0456. The summed E-state index contributed by atoms with van der Waals surface area (Å²) in [7, 11) is 1.77. The standard InChI is InChI=1S/C20H35NO4/c1-14(2)20(23)17-10-18(11-17)21-19(22)8-9-25-13-16-6-4-15(5-7-16)12-24-3/h14-18H,4-13H2,1-3H3,(H,21,22)/t15-,16-,17-,18-. The lowest BCUT2D eigenvalue weighted by Crippen LogP contribution is -2.47. The first kappa shape index (κ1) is 20.4. The molecule has 0 spiro atoms. The van der Waals surface area contributed by atoms with Gasteiger partial charge in [-0.2, -0.15) is 0 Å². The van der Waals surface area contributed by atoms with Crippen LogP contribution in [-0.4, -0.2) is 44.7 Å². The highest BCUT2D eigenvalue weighted by Gasteiger charge is 2.35. The molecular weight excluding hydrogens is 318 g/mol. The van der Waals surface area contributed by atoms with Gasteiger partial charge in [0.15, 0.2) is 0 Å². The molecule has 0 bridgehead atoms. The Hall–Kier alpha value is -0.940. The summed E-state index contributed by atoms with van der Waals surface area (Å²) in [4.78, 5) is 23.8. The molecule has 1 amide bonds. The fourth-order valence-electron chi connectivity index (χ4n) is 3.95. The smallest absolute Gasteiger partial charge is 0.222 e. The summed E-state index contributed by atoms with van der Waals surface area (Å²) >= 11 is 0. The highest BCUT2D eigenvalue weighted by molar-refractivity contribution is 5.84. The number of nitrogens with one attached hydrogen (secondary N) is 1.